The Kier molecular flexibility index (Phi) is 7.23. The number of carboxylic acid groups (broad SMARTS) is 1. The van der Waals surface area contributed by atoms with Crippen LogP contribution in [-0.2, 0) is 14.3 Å². The first-order chi connectivity index (χ1) is 15.9. The van der Waals surface area contributed by atoms with E-state index in [1.165, 1.54) is 0 Å². The van der Waals surface area contributed by atoms with E-state index in [4.69, 9.17) is 9.84 Å². The van der Waals surface area contributed by atoms with E-state index in [0.29, 0.717) is 12.3 Å². The first kappa shape index (κ1) is 23.2. The first-order valence-electron chi connectivity index (χ1n) is 11.1. The molecule has 4 rings (SSSR count). The minimum atomic E-state index is -0.912. The summed E-state index contributed by atoms with van der Waals surface area (Å²) in [6.45, 7) is 2.49. The lowest BCUT2D eigenvalue weighted by Crippen LogP contribution is -2.49. The monoisotopic (exact) mass is 468 g/mol. The summed E-state index contributed by atoms with van der Waals surface area (Å²) in [5.74, 6) is 0.322. The summed E-state index contributed by atoms with van der Waals surface area (Å²) in [7, 11) is 0. The number of amides is 2. The van der Waals surface area contributed by atoms with E-state index in [2.05, 4.69) is 29.6 Å². The lowest BCUT2D eigenvalue weighted by Gasteiger charge is -2.35. The van der Waals surface area contributed by atoms with Crippen molar-refractivity contribution in [2.45, 2.75) is 37.8 Å². The molecular weight excluding hydrogens is 440 g/mol. The Hall–Kier alpha value is -3.00. The number of ether oxygens (including phenoxy) is 1. The summed E-state index contributed by atoms with van der Waals surface area (Å²) < 4.78 is 5.56. The average Bonchev–Trinajstić information content (AvgIpc) is 3.11. The zero-order valence-corrected chi connectivity index (χ0v) is 19.3. The molecule has 2 amide bonds. The van der Waals surface area contributed by atoms with Crippen molar-refractivity contribution in [2.24, 2.45) is 0 Å². The number of rotatable bonds is 7. The molecule has 0 bridgehead atoms. The van der Waals surface area contributed by atoms with Crippen LogP contribution in [0.15, 0.2) is 48.5 Å². The third kappa shape index (κ3) is 5.33. The second-order valence-electron chi connectivity index (χ2n) is 8.49. The summed E-state index contributed by atoms with van der Waals surface area (Å²) in [5.41, 5.74) is 4.61. The third-order valence-corrected chi connectivity index (χ3v) is 7.24. The van der Waals surface area contributed by atoms with Crippen LogP contribution >= 0.6 is 11.8 Å². The molecule has 2 aromatic carbocycles. The van der Waals surface area contributed by atoms with Crippen molar-refractivity contribution in [3.8, 4) is 11.1 Å². The predicted octanol–water partition coefficient (Wildman–Crippen LogP) is 3.72. The minimum absolute atomic E-state index is 0.0253. The van der Waals surface area contributed by atoms with Gasteiger partial charge in [0.25, 0.3) is 0 Å². The molecular formula is C25H28N2O5S. The number of nitrogens with one attached hydrogen (secondary N) is 1. The molecule has 2 aliphatic rings. The molecule has 1 unspecified atom stereocenters. The molecule has 8 heteroatoms. The Morgan fingerprint density at radius 1 is 1.12 bits per heavy atom. The Labute approximate surface area is 197 Å². The maximum atomic E-state index is 12.8. The minimum Gasteiger partial charge on any atom is -0.481 e. The highest BCUT2D eigenvalue weighted by Crippen LogP contribution is 2.44. The van der Waals surface area contributed by atoms with Crippen LogP contribution in [0.4, 0.5) is 4.79 Å². The van der Waals surface area contributed by atoms with Crippen LogP contribution in [0, 0.1) is 0 Å². The predicted molar refractivity (Wildman–Crippen MR) is 127 cm³/mol. The fourth-order valence-corrected chi connectivity index (χ4v) is 5.69. The van der Waals surface area contributed by atoms with Crippen molar-refractivity contribution in [3.63, 3.8) is 0 Å². The van der Waals surface area contributed by atoms with Crippen LogP contribution in [0.3, 0.4) is 0 Å². The van der Waals surface area contributed by atoms with Gasteiger partial charge in [0.05, 0.1) is 12.5 Å². The Morgan fingerprint density at radius 2 is 1.76 bits per heavy atom. The molecule has 1 fully saturated rings. The zero-order valence-electron chi connectivity index (χ0n) is 18.5. The first-order valence-corrected chi connectivity index (χ1v) is 12.3. The standard InChI is InChI=1S/C25H28N2O5S/c1-16(12-23(28)27-10-11-33-15-17(27)13-24(29)30)26-25(31)32-14-22-20-8-4-2-6-18(20)19-7-3-5-9-21(19)22/h2-9,16-17,22H,10-15H2,1H3,(H,26,31)(H,29,30)/t16-,17?/m0/s1. The number of hydrogen-bond donors (Lipinski definition) is 2. The second-order valence-corrected chi connectivity index (χ2v) is 9.64. The molecule has 1 aliphatic carbocycles. The number of nitrogens with zero attached hydrogens (tertiary/aromatic N) is 1. The number of thioether (sulfide) groups is 1. The summed E-state index contributed by atoms with van der Waals surface area (Å²) >= 11 is 1.66. The topological polar surface area (TPSA) is 95.9 Å². The number of carbonyl (C=O) groups excluding carboxylic acids is 2. The van der Waals surface area contributed by atoms with Crippen LogP contribution in [0.25, 0.3) is 11.1 Å². The maximum Gasteiger partial charge on any atom is 0.407 e. The van der Waals surface area contributed by atoms with Crippen LogP contribution < -0.4 is 5.32 Å². The smallest absolute Gasteiger partial charge is 0.407 e. The second kappa shape index (κ2) is 10.3. The summed E-state index contributed by atoms with van der Waals surface area (Å²) in [4.78, 5) is 38.0. The van der Waals surface area contributed by atoms with E-state index in [1.54, 1.807) is 23.6 Å². The summed E-state index contributed by atoms with van der Waals surface area (Å²) in [6, 6.07) is 15.5. The SMILES string of the molecule is C[C@@H](CC(=O)N1CCSCC1CC(=O)O)NC(=O)OCC1c2ccccc2-c2ccccc21. The number of hydrogen-bond acceptors (Lipinski definition) is 5. The molecule has 1 aliphatic heterocycles. The highest BCUT2D eigenvalue weighted by Gasteiger charge is 2.31. The average molecular weight is 469 g/mol. The van der Waals surface area contributed by atoms with Crippen molar-refractivity contribution in [1.29, 1.82) is 0 Å². The lowest BCUT2D eigenvalue weighted by atomic mass is 9.98. The van der Waals surface area contributed by atoms with E-state index >= 15 is 0 Å². The highest BCUT2D eigenvalue weighted by atomic mass is 32.2. The number of benzene rings is 2. The third-order valence-electron chi connectivity index (χ3n) is 6.15. The summed E-state index contributed by atoms with van der Waals surface area (Å²) in [5, 5.41) is 11.9. The van der Waals surface area contributed by atoms with Gasteiger partial charge in [-0.1, -0.05) is 48.5 Å². The summed E-state index contributed by atoms with van der Waals surface area (Å²) in [6.07, 6.45) is -0.522. The van der Waals surface area contributed by atoms with Gasteiger partial charge in [-0.25, -0.2) is 4.79 Å². The Bertz CT molecular complexity index is 997. The lowest BCUT2D eigenvalue weighted by molar-refractivity contribution is -0.140. The van der Waals surface area contributed by atoms with Crippen molar-refractivity contribution >= 4 is 29.7 Å². The van der Waals surface area contributed by atoms with Gasteiger partial charge in [0.2, 0.25) is 5.91 Å². The molecule has 0 spiro atoms. The Morgan fingerprint density at radius 3 is 2.39 bits per heavy atom. The molecule has 2 N–H and O–H groups in total. The van der Waals surface area contributed by atoms with Crippen molar-refractivity contribution in [3.05, 3.63) is 59.7 Å². The van der Waals surface area contributed by atoms with Crippen LogP contribution in [0.2, 0.25) is 0 Å². The zero-order chi connectivity index (χ0) is 23.4. The van der Waals surface area contributed by atoms with Crippen LogP contribution in [0.5, 0.6) is 0 Å². The largest absolute Gasteiger partial charge is 0.481 e. The van der Waals surface area contributed by atoms with E-state index in [0.717, 1.165) is 28.0 Å². The molecule has 0 radical (unpaired) electrons. The van der Waals surface area contributed by atoms with Gasteiger partial charge in [-0.05, 0) is 29.2 Å². The molecule has 33 heavy (non-hydrogen) atoms. The van der Waals surface area contributed by atoms with Gasteiger partial charge in [0.1, 0.15) is 6.61 Å². The van der Waals surface area contributed by atoms with Gasteiger partial charge in [0.15, 0.2) is 0 Å². The molecule has 1 saturated heterocycles. The van der Waals surface area contributed by atoms with Crippen LogP contribution in [-0.4, -0.2) is 64.7 Å². The van der Waals surface area contributed by atoms with Gasteiger partial charge in [-0.15, -0.1) is 0 Å². The molecule has 0 saturated carbocycles. The number of fused-ring (bicyclic) bond motifs is 3. The number of aliphatic carboxylic acids is 1. The van der Waals surface area contributed by atoms with E-state index in [-0.39, 0.29) is 37.3 Å². The quantitative estimate of drug-likeness (QED) is 0.643. The van der Waals surface area contributed by atoms with E-state index in [1.807, 2.05) is 24.3 Å². The maximum absolute atomic E-state index is 12.8. The fraction of sp³-hybridized carbons (Fsp3) is 0.400. The van der Waals surface area contributed by atoms with Gasteiger partial charge < -0.3 is 20.1 Å². The highest BCUT2D eigenvalue weighted by molar-refractivity contribution is 7.99. The van der Waals surface area contributed by atoms with Gasteiger partial charge in [-0.2, -0.15) is 11.8 Å². The number of carbonyl (C=O) groups is 3. The van der Waals surface area contributed by atoms with Gasteiger partial charge in [-0.3, -0.25) is 9.59 Å². The van der Waals surface area contributed by atoms with Crippen LogP contribution in [0.1, 0.15) is 36.8 Å². The van der Waals surface area contributed by atoms with Gasteiger partial charge >= 0.3 is 12.1 Å². The number of alkyl carbamates (subject to hydrolysis) is 1. The molecule has 2 atom stereocenters. The molecule has 2 aromatic rings. The van der Waals surface area contributed by atoms with Crippen molar-refractivity contribution < 1.29 is 24.2 Å². The number of carboxylic acids is 1. The van der Waals surface area contributed by atoms with Crippen molar-refractivity contribution in [1.82, 2.24) is 10.2 Å². The molecule has 1 heterocycles. The fourth-order valence-electron chi connectivity index (χ4n) is 4.63. The van der Waals surface area contributed by atoms with Crippen molar-refractivity contribution in [2.75, 3.05) is 24.7 Å². The Balaban J connectivity index is 1.31. The molecule has 0 aromatic heterocycles. The molecule has 174 valence electrons. The van der Waals surface area contributed by atoms with Gasteiger partial charge in [0, 0.05) is 36.4 Å². The molecule has 7 nitrogen and oxygen atoms in total. The van der Waals surface area contributed by atoms with E-state index < -0.39 is 18.1 Å². The van der Waals surface area contributed by atoms with E-state index in [9.17, 15) is 14.4 Å². The normalized spacial score (nSPS) is 18.2.